The molecule has 0 amide bonds. The highest BCUT2D eigenvalue weighted by Crippen LogP contribution is 2.34. The number of benzene rings is 1. The molecule has 2 heterocycles. The first kappa shape index (κ1) is 11.0. The molecule has 0 fully saturated rings. The zero-order valence-corrected chi connectivity index (χ0v) is 9.79. The van der Waals surface area contributed by atoms with Crippen LogP contribution in [0.2, 0.25) is 0 Å². The molecular weight excluding hydrogens is 236 g/mol. The summed E-state index contributed by atoms with van der Waals surface area (Å²) in [5.41, 5.74) is 0.735. The second kappa shape index (κ2) is 4.30. The molecule has 0 aliphatic carbocycles. The molecule has 18 heavy (non-hydrogen) atoms. The quantitative estimate of drug-likeness (QED) is 0.869. The Morgan fingerprint density at radius 2 is 2.00 bits per heavy atom. The van der Waals surface area contributed by atoms with Crippen LogP contribution in [-0.4, -0.2) is 28.5 Å². The van der Waals surface area contributed by atoms with Gasteiger partial charge in [0.15, 0.2) is 17.3 Å². The Morgan fingerprint density at radius 3 is 2.72 bits per heavy atom. The molecule has 2 aromatic rings. The van der Waals surface area contributed by atoms with Crippen molar-refractivity contribution in [3.05, 3.63) is 24.0 Å². The molecule has 0 bridgehead atoms. The smallest absolute Gasteiger partial charge is 0.258 e. The van der Waals surface area contributed by atoms with Crippen LogP contribution in [0, 0.1) is 0 Å². The van der Waals surface area contributed by atoms with E-state index in [4.69, 9.17) is 14.0 Å². The zero-order chi connectivity index (χ0) is 12.5. The number of rotatable bonds is 2. The lowest BCUT2D eigenvalue weighted by Crippen LogP contribution is -2.15. The summed E-state index contributed by atoms with van der Waals surface area (Å²) in [5, 5.41) is 13.0. The van der Waals surface area contributed by atoms with E-state index in [9.17, 15) is 5.11 Å². The summed E-state index contributed by atoms with van der Waals surface area (Å²) >= 11 is 0. The molecule has 1 aromatic carbocycles. The lowest BCUT2D eigenvalue weighted by molar-refractivity contribution is 0.171. The second-order valence-electron chi connectivity index (χ2n) is 3.99. The van der Waals surface area contributed by atoms with Crippen LogP contribution >= 0.6 is 0 Å². The van der Waals surface area contributed by atoms with Crippen LogP contribution in [0.15, 0.2) is 22.7 Å². The molecule has 6 heteroatoms. The maximum Gasteiger partial charge on any atom is 0.258 e. The standard InChI is InChI=1S/C12H12N2O4/c1-7(15)11-13-12(18-14-11)8-2-3-9-10(6-8)17-5-4-16-9/h2-3,6-7,15H,4-5H2,1H3. The Morgan fingerprint density at radius 1 is 1.22 bits per heavy atom. The number of aromatic nitrogens is 2. The minimum Gasteiger partial charge on any atom is -0.486 e. The van der Waals surface area contributed by atoms with Gasteiger partial charge in [0, 0.05) is 5.56 Å². The predicted octanol–water partition coefficient (Wildman–Crippen LogP) is 1.56. The second-order valence-corrected chi connectivity index (χ2v) is 3.99. The van der Waals surface area contributed by atoms with E-state index < -0.39 is 6.10 Å². The molecule has 1 aromatic heterocycles. The van der Waals surface area contributed by atoms with Gasteiger partial charge in [-0.15, -0.1) is 0 Å². The van der Waals surface area contributed by atoms with E-state index in [2.05, 4.69) is 10.1 Å². The van der Waals surface area contributed by atoms with Gasteiger partial charge < -0.3 is 19.1 Å². The first-order valence-corrected chi connectivity index (χ1v) is 5.66. The molecule has 6 nitrogen and oxygen atoms in total. The summed E-state index contributed by atoms with van der Waals surface area (Å²) in [7, 11) is 0. The maximum absolute atomic E-state index is 9.35. The van der Waals surface area contributed by atoms with Gasteiger partial charge in [0.1, 0.15) is 19.3 Å². The Kier molecular flexibility index (Phi) is 2.64. The third-order valence-corrected chi connectivity index (χ3v) is 2.60. The van der Waals surface area contributed by atoms with E-state index in [1.165, 1.54) is 0 Å². The lowest BCUT2D eigenvalue weighted by atomic mass is 10.2. The molecule has 0 saturated heterocycles. The van der Waals surface area contributed by atoms with Crippen LogP contribution in [0.3, 0.4) is 0 Å². The topological polar surface area (TPSA) is 77.6 Å². The van der Waals surface area contributed by atoms with Crippen molar-refractivity contribution in [3.8, 4) is 23.0 Å². The Hall–Kier alpha value is -2.08. The van der Waals surface area contributed by atoms with Crippen molar-refractivity contribution < 1.29 is 19.1 Å². The van der Waals surface area contributed by atoms with Crippen LogP contribution in [-0.2, 0) is 0 Å². The number of aliphatic hydroxyl groups is 1. The molecule has 1 aliphatic heterocycles. The highest BCUT2D eigenvalue weighted by molar-refractivity contribution is 5.60. The summed E-state index contributed by atoms with van der Waals surface area (Å²) < 4.78 is 16.0. The van der Waals surface area contributed by atoms with Crippen molar-refractivity contribution in [2.45, 2.75) is 13.0 Å². The van der Waals surface area contributed by atoms with E-state index in [1.807, 2.05) is 6.07 Å². The molecule has 3 rings (SSSR count). The van der Waals surface area contributed by atoms with Gasteiger partial charge in [-0.1, -0.05) is 5.16 Å². The molecule has 1 aliphatic rings. The Balaban J connectivity index is 1.95. The number of hydrogen-bond donors (Lipinski definition) is 1. The van der Waals surface area contributed by atoms with Crippen molar-refractivity contribution in [3.63, 3.8) is 0 Å². The first-order chi connectivity index (χ1) is 8.74. The van der Waals surface area contributed by atoms with Crippen molar-refractivity contribution in [2.75, 3.05) is 13.2 Å². The zero-order valence-electron chi connectivity index (χ0n) is 9.79. The third kappa shape index (κ3) is 1.91. The van der Waals surface area contributed by atoms with Crippen molar-refractivity contribution in [2.24, 2.45) is 0 Å². The molecule has 1 atom stereocenters. The van der Waals surface area contributed by atoms with E-state index in [1.54, 1.807) is 19.1 Å². The lowest BCUT2D eigenvalue weighted by Gasteiger charge is -2.18. The highest BCUT2D eigenvalue weighted by atomic mass is 16.6. The van der Waals surface area contributed by atoms with Gasteiger partial charge in [0.05, 0.1) is 0 Å². The summed E-state index contributed by atoms with van der Waals surface area (Å²) in [6, 6.07) is 5.40. The Bertz CT molecular complexity index is 565. The SMILES string of the molecule is CC(O)c1noc(-c2ccc3c(c2)OCCO3)n1. The summed E-state index contributed by atoms with van der Waals surface area (Å²) in [5.74, 6) is 1.98. The molecule has 0 saturated carbocycles. The third-order valence-electron chi connectivity index (χ3n) is 2.60. The van der Waals surface area contributed by atoms with Gasteiger partial charge in [0.25, 0.3) is 5.89 Å². The molecule has 1 N–H and O–H groups in total. The molecule has 0 radical (unpaired) electrons. The fourth-order valence-corrected chi connectivity index (χ4v) is 1.70. The van der Waals surface area contributed by atoms with Gasteiger partial charge in [-0.2, -0.15) is 4.98 Å². The van der Waals surface area contributed by atoms with E-state index in [0.717, 1.165) is 5.56 Å². The summed E-state index contributed by atoms with van der Waals surface area (Å²) in [6.07, 6.45) is -0.750. The molecular formula is C12H12N2O4. The van der Waals surface area contributed by atoms with Crippen LogP contribution in [0.5, 0.6) is 11.5 Å². The number of nitrogens with zero attached hydrogens (tertiary/aromatic N) is 2. The van der Waals surface area contributed by atoms with E-state index in [-0.39, 0.29) is 5.82 Å². The van der Waals surface area contributed by atoms with Gasteiger partial charge in [-0.05, 0) is 25.1 Å². The normalized spacial score (nSPS) is 15.4. The predicted molar refractivity (Wildman–Crippen MR) is 61.4 cm³/mol. The fourth-order valence-electron chi connectivity index (χ4n) is 1.70. The van der Waals surface area contributed by atoms with Crippen LogP contribution in [0.1, 0.15) is 18.9 Å². The fraction of sp³-hybridized carbons (Fsp3) is 0.333. The molecule has 0 spiro atoms. The number of hydrogen-bond acceptors (Lipinski definition) is 6. The number of ether oxygens (including phenoxy) is 2. The van der Waals surface area contributed by atoms with Gasteiger partial charge >= 0.3 is 0 Å². The minimum absolute atomic E-state index is 0.264. The van der Waals surface area contributed by atoms with Gasteiger partial charge in [-0.3, -0.25) is 0 Å². The molecule has 1 unspecified atom stereocenters. The largest absolute Gasteiger partial charge is 0.486 e. The van der Waals surface area contributed by atoms with Gasteiger partial charge in [-0.25, -0.2) is 0 Å². The van der Waals surface area contributed by atoms with Gasteiger partial charge in [0.2, 0.25) is 0 Å². The van der Waals surface area contributed by atoms with Crippen LogP contribution in [0.25, 0.3) is 11.5 Å². The maximum atomic E-state index is 9.35. The first-order valence-electron chi connectivity index (χ1n) is 5.66. The van der Waals surface area contributed by atoms with Crippen molar-refractivity contribution in [1.82, 2.24) is 10.1 Å². The number of aliphatic hydroxyl groups excluding tert-OH is 1. The molecule has 94 valence electrons. The average molecular weight is 248 g/mol. The summed E-state index contributed by atoms with van der Waals surface area (Å²) in [4.78, 5) is 4.10. The summed E-state index contributed by atoms with van der Waals surface area (Å²) in [6.45, 7) is 2.66. The highest BCUT2D eigenvalue weighted by Gasteiger charge is 2.16. The van der Waals surface area contributed by atoms with Crippen molar-refractivity contribution in [1.29, 1.82) is 0 Å². The van der Waals surface area contributed by atoms with Crippen LogP contribution in [0.4, 0.5) is 0 Å². The van der Waals surface area contributed by atoms with Crippen molar-refractivity contribution >= 4 is 0 Å². The Labute approximate surface area is 103 Å². The minimum atomic E-state index is -0.750. The monoisotopic (exact) mass is 248 g/mol. The van der Waals surface area contributed by atoms with E-state index in [0.29, 0.717) is 30.6 Å². The number of fused-ring (bicyclic) bond motifs is 1. The van der Waals surface area contributed by atoms with Crippen LogP contribution < -0.4 is 9.47 Å². The average Bonchev–Trinajstić information content (AvgIpc) is 2.88. The van der Waals surface area contributed by atoms with E-state index >= 15 is 0 Å².